The van der Waals surface area contributed by atoms with Gasteiger partial charge in [-0.05, 0) is 24.3 Å². The van der Waals surface area contributed by atoms with E-state index in [1.807, 2.05) is 17.5 Å². The Kier molecular flexibility index (Phi) is 4.45. The summed E-state index contributed by atoms with van der Waals surface area (Å²) in [7, 11) is 0. The molecule has 0 saturated carbocycles. The molecule has 0 radical (unpaired) electrons. The first-order chi connectivity index (χ1) is 10.3. The number of amides is 1. The first-order valence-electron chi connectivity index (χ1n) is 7.14. The van der Waals surface area contributed by atoms with Gasteiger partial charge in [0.2, 0.25) is 5.91 Å². The van der Waals surface area contributed by atoms with E-state index in [4.69, 9.17) is 0 Å². The number of hydrogen-bond acceptors (Lipinski definition) is 5. The highest BCUT2D eigenvalue weighted by Crippen LogP contribution is 2.21. The quantitative estimate of drug-likeness (QED) is 0.939. The predicted molar refractivity (Wildman–Crippen MR) is 83.1 cm³/mol. The Bertz CT molecular complexity index is 573. The van der Waals surface area contributed by atoms with Gasteiger partial charge >= 0.3 is 0 Å². The van der Waals surface area contributed by atoms with Crippen LogP contribution in [-0.2, 0) is 11.3 Å². The van der Waals surface area contributed by atoms with Gasteiger partial charge < -0.3 is 10.2 Å². The van der Waals surface area contributed by atoms with E-state index in [2.05, 4.69) is 20.2 Å². The molecule has 2 aromatic heterocycles. The predicted octanol–water partition coefficient (Wildman–Crippen LogP) is 2.07. The highest BCUT2D eigenvalue weighted by atomic mass is 32.1. The largest absolute Gasteiger partial charge is 0.355 e. The molecule has 110 valence electrons. The second-order valence-corrected chi connectivity index (χ2v) is 6.18. The Morgan fingerprint density at radius 2 is 2.43 bits per heavy atom. The minimum absolute atomic E-state index is 0.0284. The molecular formula is C15H18N4OS. The summed E-state index contributed by atoms with van der Waals surface area (Å²) in [5, 5.41) is 5.06. The van der Waals surface area contributed by atoms with Crippen molar-refractivity contribution < 1.29 is 4.79 Å². The normalized spacial score (nSPS) is 18.5. The molecule has 0 aliphatic carbocycles. The van der Waals surface area contributed by atoms with E-state index in [9.17, 15) is 4.79 Å². The molecule has 5 nitrogen and oxygen atoms in total. The summed E-state index contributed by atoms with van der Waals surface area (Å²) in [6.07, 6.45) is 7.06. The summed E-state index contributed by atoms with van der Waals surface area (Å²) in [6, 6.07) is 4.04. The lowest BCUT2D eigenvalue weighted by Crippen LogP contribution is -2.43. The number of thiophene rings is 1. The molecule has 1 aliphatic heterocycles. The third-order valence-electron chi connectivity index (χ3n) is 3.68. The van der Waals surface area contributed by atoms with Crippen molar-refractivity contribution in [1.82, 2.24) is 15.3 Å². The third kappa shape index (κ3) is 3.58. The van der Waals surface area contributed by atoms with Crippen molar-refractivity contribution in [3.63, 3.8) is 0 Å². The second kappa shape index (κ2) is 6.67. The molecule has 1 fully saturated rings. The minimum atomic E-state index is 0.0284. The fourth-order valence-corrected chi connectivity index (χ4v) is 3.23. The van der Waals surface area contributed by atoms with Crippen molar-refractivity contribution in [2.24, 2.45) is 5.92 Å². The summed E-state index contributed by atoms with van der Waals surface area (Å²) < 4.78 is 0. The highest BCUT2D eigenvalue weighted by Gasteiger charge is 2.26. The third-order valence-corrected chi connectivity index (χ3v) is 4.56. The van der Waals surface area contributed by atoms with Crippen LogP contribution in [0.25, 0.3) is 0 Å². The van der Waals surface area contributed by atoms with Gasteiger partial charge in [0.15, 0.2) is 0 Å². The molecule has 2 aromatic rings. The molecule has 0 aromatic carbocycles. The van der Waals surface area contributed by atoms with Crippen LogP contribution in [0.5, 0.6) is 0 Å². The standard InChI is InChI=1S/C15H18N4OS/c20-15(18-9-13-4-2-8-21-13)12-3-1-7-19(11-12)14-10-16-5-6-17-14/h2,4-6,8,10,12H,1,3,7,9,11H2,(H,18,20)/t12-/m1/s1. The molecule has 1 saturated heterocycles. The van der Waals surface area contributed by atoms with Crippen molar-refractivity contribution in [2.45, 2.75) is 19.4 Å². The van der Waals surface area contributed by atoms with Crippen LogP contribution in [0.2, 0.25) is 0 Å². The van der Waals surface area contributed by atoms with Crippen LogP contribution in [0, 0.1) is 5.92 Å². The number of anilines is 1. The van der Waals surface area contributed by atoms with Crippen LogP contribution in [-0.4, -0.2) is 29.0 Å². The number of nitrogens with zero attached hydrogens (tertiary/aromatic N) is 3. The Morgan fingerprint density at radius 1 is 1.48 bits per heavy atom. The van der Waals surface area contributed by atoms with Gasteiger partial charge in [0.1, 0.15) is 5.82 Å². The molecule has 3 heterocycles. The first kappa shape index (κ1) is 14.0. The molecule has 21 heavy (non-hydrogen) atoms. The number of hydrogen-bond donors (Lipinski definition) is 1. The summed E-state index contributed by atoms with van der Waals surface area (Å²) in [5.41, 5.74) is 0. The van der Waals surface area contributed by atoms with Gasteiger partial charge in [0, 0.05) is 30.4 Å². The number of carbonyl (C=O) groups is 1. The minimum Gasteiger partial charge on any atom is -0.355 e. The smallest absolute Gasteiger partial charge is 0.225 e. The maximum atomic E-state index is 12.3. The Morgan fingerprint density at radius 3 is 3.19 bits per heavy atom. The molecule has 1 N–H and O–H groups in total. The van der Waals surface area contributed by atoms with Gasteiger partial charge in [-0.3, -0.25) is 9.78 Å². The fraction of sp³-hybridized carbons (Fsp3) is 0.400. The van der Waals surface area contributed by atoms with Crippen molar-refractivity contribution in [2.75, 3.05) is 18.0 Å². The molecular weight excluding hydrogens is 284 g/mol. The van der Waals surface area contributed by atoms with Gasteiger partial charge in [-0.25, -0.2) is 4.98 Å². The molecule has 3 rings (SSSR count). The van der Waals surface area contributed by atoms with E-state index < -0.39 is 0 Å². The van der Waals surface area contributed by atoms with Gasteiger partial charge in [-0.15, -0.1) is 11.3 Å². The van der Waals surface area contributed by atoms with E-state index in [0.29, 0.717) is 6.54 Å². The zero-order valence-electron chi connectivity index (χ0n) is 11.7. The van der Waals surface area contributed by atoms with E-state index in [1.165, 1.54) is 4.88 Å². The lowest BCUT2D eigenvalue weighted by atomic mass is 9.97. The van der Waals surface area contributed by atoms with Crippen LogP contribution in [0.4, 0.5) is 5.82 Å². The van der Waals surface area contributed by atoms with Crippen molar-refractivity contribution in [3.05, 3.63) is 41.0 Å². The highest BCUT2D eigenvalue weighted by molar-refractivity contribution is 7.09. The van der Waals surface area contributed by atoms with Crippen LogP contribution in [0.1, 0.15) is 17.7 Å². The van der Waals surface area contributed by atoms with Crippen LogP contribution in [0.3, 0.4) is 0 Å². The van der Waals surface area contributed by atoms with Crippen LogP contribution >= 0.6 is 11.3 Å². The second-order valence-electron chi connectivity index (χ2n) is 5.15. The monoisotopic (exact) mass is 302 g/mol. The molecule has 1 amide bonds. The number of nitrogens with one attached hydrogen (secondary N) is 1. The molecule has 0 bridgehead atoms. The van der Waals surface area contributed by atoms with Crippen molar-refractivity contribution >= 4 is 23.1 Å². The van der Waals surface area contributed by atoms with Crippen LogP contribution in [0.15, 0.2) is 36.1 Å². The topological polar surface area (TPSA) is 58.1 Å². The average molecular weight is 302 g/mol. The van der Waals surface area contributed by atoms with E-state index in [0.717, 1.165) is 31.7 Å². The molecule has 1 aliphatic rings. The van der Waals surface area contributed by atoms with Gasteiger partial charge in [0.25, 0.3) is 0 Å². The van der Waals surface area contributed by atoms with Gasteiger partial charge in [0.05, 0.1) is 18.7 Å². The van der Waals surface area contributed by atoms with E-state index >= 15 is 0 Å². The summed E-state index contributed by atoms with van der Waals surface area (Å²) in [5.74, 6) is 1.02. The first-order valence-corrected chi connectivity index (χ1v) is 8.02. The number of piperidine rings is 1. The van der Waals surface area contributed by atoms with Gasteiger partial charge in [-0.1, -0.05) is 6.07 Å². The zero-order chi connectivity index (χ0) is 14.5. The summed E-state index contributed by atoms with van der Waals surface area (Å²) in [6.45, 7) is 2.28. The van der Waals surface area contributed by atoms with Gasteiger partial charge in [-0.2, -0.15) is 0 Å². The maximum absolute atomic E-state index is 12.3. The molecule has 6 heteroatoms. The fourth-order valence-electron chi connectivity index (χ4n) is 2.59. The SMILES string of the molecule is O=C(NCc1cccs1)[C@@H]1CCCN(c2cnccn2)C1. The Hall–Kier alpha value is -1.95. The summed E-state index contributed by atoms with van der Waals surface area (Å²) in [4.78, 5) is 24.0. The Balaban J connectivity index is 1.56. The van der Waals surface area contributed by atoms with Crippen molar-refractivity contribution in [3.8, 4) is 0 Å². The molecule has 0 spiro atoms. The van der Waals surface area contributed by atoms with E-state index in [-0.39, 0.29) is 11.8 Å². The average Bonchev–Trinajstić information content (AvgIpc) is 3.07. The Labute approximate surface area is 128 Å². The number of rotatable bonds is 4. The zero-order valence-corrected chi connectivity index (χ0v) is 12.6. The number of aromatic nitrogens is 2. The lowest BCUT2D eigenvalue weighted by Gasteiger charge is -2.32. The molecule has 0 unspecified atom stereocenters. The lowest BCUT2D eigenvalue weighted by molar-refractivity contribution is -0.125. The van der Waals surface area contributed by atoms with Crippen LogP contribution < -0.4 is 10.2 Å². The molecule has 1 atom stereocenters. The maximum Gasteiger partial charge on any atom is 0.225 e. The number of carbonyl (C=O) groups excluding carboxylic acids is 1. The van der Waals surface area contributed by atoms with Crippen molar-refractivity contribution in [1.29, 1.82) is 0 Å². The summed E-state index contributed by atoms with van der Waals surface area (Å²) >= 11 is 1.67. The van der Waals surface area contributed by atoms with E-state index in [1.54, 1.807) is 29.9 Å².